The van der Waals surface area contributed by atoms with Gasteiger partial charge in [0, 0.05) is 5.41 Å². The van der Waals surface area contributed by atoms with Gasteiger partial charge in [0.25, 0.3) is 0 Å². The molecule has 7 heteroatoms. The van der Waals surface area contributed by atoms with Crippen LogP contribution in [0.2, 0.25) is 0 Å². The van der Waals surface area contributed by atoms with E-state index in [1.165, 1.54) is 5.56 Å². The number of carbonyl (C=O) groups excluding carboxylic acids is 1. The van der Waals surface area contributed by atoms with Gasteiger partial charge in [-0.2, -0.15) is 0 Å². The van der Waals surface area contributed by atoms with Gasteiger partial charge >= 0.3 is 0 Å². The number of anilines is 1. The summed E-state index contributed by atoms with van der Waals surface area (Å²) in [6, 6.07) is 13.4. The first kappa shape index (κ1) is 24.3. The Kier molecular flexibility index (Phi) is 6.46. The normalized spacial score (nSPS) is 21.7. The van der Waals surface area contributed by atoms with Crippen LogP contribution < -0.4 is 10.0 Å². The smallest absolute Gasteiger partial charge is 0.229 e. The average molecular weight is 459 g/mol. The number of aliphatic hydroxyl groups is 1. The molecule has 2 aromatic carbocycles. The molecule has 2 aromatic rings. The van der Waals surface area contributed by atoms with Crippen LogP contribution in [0.25, 0.3) is 0 Å². The second kappa shape index (κ2) is 8.52. The summed E-state index contributed by atoms with van der Waals surface area (Å²) in [5.41, 5.74) is 3.92. The monoisotopic (exact) mass is 458 g/mol. The van der Waals surface area contributed by atoms with Crippen molar-refractivity contribution >= 4 is 21.6 Å². The highest BCUT2D eigenvalue weighted by molar-refractivity contribution is 7.92. The number of carbonyl (C=O) groups is 1. The fourth-order valence-electron chi connectivity index (χ4n) is 4.20. The Balaban J connectivity index is 1.70. The molecule has 1 amide bonds. The fraction of sp³-hybridized carbons (Fsp3) is 0.480. The Morgan fingerprint density at radius 2 is 1.81 bits per heavy atom. The summed E-state index contributed by atoms with van der Waals surface area (Å²) in [5.74, 6) is -0.356. The molecule has 0 aromatic heterocycles. The number of benzene rings is 2. The number of rotatable bonds is 7. The van der Waals surface area contributed by atoms with E-state index in [0.717, 1.165) is 22.9 Å². The molecular formula is C25H34N2O4S. The van der Waals surface area contributed by atoms with E-state index >= 15 is 0 Å². The molecule has 2 unspecified atom stereocenters. The second-order valence-electron chi connectivity index (χ2n) is 10.1. The van der Waals surface area contributed by atoms with Crippen LogP contribution in [-0.4, -0.2) is 32.3 Å². The van der Waals surface area contributed by atoms with Crippen molar-refractivity contribution in [3.8, 4) is 0 Å². The molecular weight excluding hydrogens is 424 g/mol. The van der Waals surface area contributed by atoms with E-state index in [2.05, 4.69) is 42.9 Å². The molecule has 1 saturated carbocycles. The Labute approximate surface area is 191 Å². The summed E-state index contributed by atoms with van der Waals surface area (Å²) in [5, 5.41) is 13.2. The predicted octanol–water partition coefficient (Wildman–Crippen LogP) is 3.79. The van der Waals surface area contributed by atoms with Gasteiger partial charge in [0.2, 0.25) is 15.9 Å². The summed E-state index contributed by atoms with van der Waals surface area (Å²) in [6.45, 7) is 10.1. The summed E-state index contributed by atoms with van der Waals surface area (Å²) >= 11 is 0. The van der Waals surface area contributed by atoms with E-state index in [9.17, 15) is 18.3 Å². The summed E-state index contributed by atoms with van der Waals surface area (Å²) in [4.78, 5) is 13.0. The number of hydrogen-bond donors (Lipinski definition) is 3. The lowest BCUT2D eigenvalue weighted by Crippen LogP contribution is -2.32. The fourth-order valence-corrected chi connectivity index (χ4v) is 4.83. The summed E-state index contributed by atoms with van der Waals surface area (Å²) in [6.07, 6.45) is 1.73. The molecule has 1 fully saturated rings. The Hall–Kier alpha value is -2.38. The van der Waals surface area contributed by atoms with Crippen molar-refractivity contribution in [1.29, 1.82) is 0 Å². The van der Waals surface area contributed by atoms with Gasteiger partial charge in [-0.05, 0) is 54.0 Å². The van der Waals surface area contributed by atoms with Crippen molar-refractivity contribution in [2.75, 3.05) is 17.6 Å². The van der Waals surface area contributed by atoms with Crippen LogP contribution in [0.1, 0.15) is 62.4 Å². The molecule has 32 heavy (non-hydrogen) atoms. The maximum Gasteiger partial charge on any atom is 0.229 e. The lowest BCUT2D eigenvalue weighted by atomic mass is 9.84. The van der Waals surface area contributed by atoms with Crippen LogP contribution in [0.4, 0.5) is 5.69 Å². The highest BCUT2D eigenvalue weighted by atomic mass is 32.2. The molecule has 174 valence electrons. The van der Waals surface area contributed by atoms with E-state index in [0.29, 0.717) is 12.1 Å². The van der Waals surface area contributed by atoms with Gasteiger partial charge in [0.1, 0.15) is 0 Å². The molecule has 6 nitrogen and oxygen atoms in total. The third kappa shape index (κ3) is 5.15. The quantitative estimate of drug-likeness (QED) is 0.588. The molecule has 0 heterocycles. The van der Waals surface area contributed by atoms with Crippen molar-refractivity contribution in [3.63, 3.8) is 0 Å². The molecule has 0 radical (unpaired) electrons. The highest BCUT2D eigenvalue weighted by Gasteiger charge is 2.59. The molecule has 0 spiro atoms. The van der Waals surface area contributed by atoms with Gasteiger partial charge < -0.3 is 10.4 Å². The number of amides is 1. The lowest BCUT2D eigenvalue weighted by molar-refractivity contribution is -0.123. The molecule has 3 N–H and O–H groups in total. The minimum Gasteiger partial charge on any atom is -0.395 e. The van der Waals surface area contributed by atoms with Crippen molar-refractivity contribution in [2.45, 2.75) is 57.9 Å². The zero-order valence-corrected chi connectivity index (χ0v) is 20.5. The van der Waals surface area contributed by atoms with Crippen LogP contribution in [0.5, 0.6) is 0 Å². The Morgan fingerprint density at radius 1 is 1.19 bits per heavy atom. The molecule has 1 aliphatic carbocycles. The first-order chi connectivity index (χ1) is 14.8. The van der Waals surface area contributed by atoms with E-state index in [4.69, 9.17) is 0 Å². The van der Waals surface area contributed by atoms with E-state index in [-0.39, 0.29) is 29.9 Å². The third-order valence-electron chi connectivity index (χ3n) is 6.40. The van der Waals surface area contributed by atoms with Gasteiger partial charge in [-0.3, -0.25) is 9.52 Å². The SMILES string of the molecule is Cc1cc(C(C)NC(=O)[C@@H]2CC2(CO)c2ccc(C(C)(C)C)cc2)ccc1NS(C)(=O)=O. The van der Waals surface area contributed by atoms with Gasteiger partial charge in [-0.1, -0.05) is 57.2 Å². The van der Waals surface area contributed by atoms with Crippen LogP contribution in [0.15, 0.2) is 42.5 Å². The lowest BCUT2D eigenvalue weighted by Gasteiger charge is -2.22. The van der Waals surface area contributed by atoms with E-state index < -0.39 is 15.4 Å². The maximum atomic E-state index is 13.0. The van der Waals surface area contributed by atoms with Gasteiger partial charge in [0.15, 0.2) is 0 Å². The molecule has 3 rings (SSSR count). The van der Waals surface area contributed by atoms with Gasteiger partial charge in [0.05, 0.1) is 30.5 Å². The van der Waals surface area contributed by atoms with Crippen molar-refractivity contribution in [3.05, 3.63) is 64.7 Å². The van der Waals surface area contributed by atoms with E-state index in [1.807, 2.05) is 38.1 Å². The first-order valence-electron chi connectivity index (χ1n) is 10.9. The largest absolute Gasteiger partial charge is 0.395 e. The zero-order valence-electron chi connectivity index (χ0n) is 19.7. The number of nitrogens with one attached hydrogen (secondary N) is 2. The topological polar surface area (TPSA) is 95.5 Å². The third-order valence-corrected chi connectivity index (χ3v) is 7.00. The average Bonchev–Trinajstić information content (AvgIpc) is 3.44. The number of hydrogen-bond acceptors (Lipinski definition) is 4. The number of aryl methyl sites for hydroxylation is 1. The standard InChI is InChI=1S/C25H34N2O4S/c1-16-13-18(7-12-22(16)27-32(6,30)31)17(2)26-23(29)21-14-25(21,15-28)20-10-8-19(9-11-20)24(3,4)5/h7-13,17,21,27-28H,14-15H2,1-6H3,(H,26,29)/t17?,21-,25?/m0/s1. The Morgan fingerprint density at radius 3 is 2.31 bits per heavy atom. The van der Waals surface area contributed by atoms with Crippen molar-refractivity contribution < 1.29 is 18.3 Å². The minimum absolute atomic E-state index is 0.0468. The Bertz CT molecular complexity index is 1100. The van der Waals surface area contributed by atoms with Crippen molar-refractivity contribution in [1.82, 2.24) is 5.32 Å². The number of aliphatic hydroxyl groups excluding tert-OH is 1. The van der Waals surface area contributed by atoms with Gasteiger partial charge in [-0.25, -0.2) is 8.42 Å². The molecule has 3 atom stereocenters. The summed E-state index contributed by atoms with van der Waals surface area (Å²) in [7, 11) is -3.35. The molecule has 1 aliphatic rings. The molecule has 0 aliphatic heterocycles. The maximum absolute atomic E-state index is 13.0. The van der Waals surface area contributed by atoms with Crippen LogP contribution in [0, 0.1) is 12.8 Å². The minimum atomic E-state index is -3.35. The highest BCUT2D eigenvalue weighted by Crippen LogP contribution is 2.54. The van der Waals surface area contributed by atoms with E-state index in [1.54, 1.807) is 6.07 Å². The zero-order chi connectivity index (χ0) is 23.9. The van der Waals surface area contributed by atoms with Crippen molar-refractivity contribution in [2.24, 2.45) is 5.92 Å². The number of sulfonamides is 1. The van der Waals surface area contributed by atoms with Crippen LogP contribution in [-0.2, 0) is 25.6 Å². The second-order valence-corrected chi connectivity index (χ2v) is 11.8. The predicted molar refractivity (Wildman–Crippen MR) is 128 cm³/mol. The molecule has 0 saturated heterocycles. The van der Waals surface area contributed by atoms with Gasteiger partial charge in [-0.15, -0.1) is 0 Å². The molecule has 0 bridgehead atoms. The van der Waals surface area contributed by atoms with Crippen LogP contribution >= 0.6 is 0 Å². The first-order valence-corrected chi connectivity index (χ1v) is 12.8. The summed E-state index contributed by atoms with van der Waals surface area (Å²) < 4.78 is 25.5. The van der Waals surface area contributed by atoms with Crippen LogP contribution in [0.3, 0.4) is 0 Å².